The molecule has 170 valence electrons. The molecule has 0 spiro atoms. The van der Waals surface area contributed by atoms with Gasteiger partial charge in [0.25, 0.3) is 0 Å². The third-order valence-corrected chi connectivity index (χ3v) is 6.37. The van der Waals surface area contributed by atoms with E-state index in [4.69, 9.17) is 9.47 Å². The summed E-state index contributed by atoms with van der Waals surface area (Å²) in [5.74, 6) is 0.835. The van der Waals surface area contributed by atoms with Gasteiger partial charge < -0.3 is 9.47 Å². The molecule has 0 atom stereocenters. The number of tetrazole rings is 1. The van der Waals surface area contributed by atoms with Crippen LogP contribution in [0.2, 0.25) is 0 Å². The number of anilines is 2. The molecule has 0 saturated heterocycles. The number of thioether (sulfide) groups is 1. The summed E-state index contributed by atoms with van der Waals surface area (Å²) in [5, 5.41) is 14.7. The molecule has 33 heavy (non-hydrogen) atoms. The number of amides is 1. The van der Waals surface area contributed by atoms with Gasteiger partial charge in [0, 0.05) is 24.1 Å². The van der Waals surface area contributed by atoms with Crippen molar-refractivity contribution in [2.45, 2.75) is 17.8 Å². The van der Waals surface area contributed by atoms with Crippen molar-refractivity contribution in [3.05, 3.63) is 59.4 Å². The third-order valence-electron chi connectivity index (χ3n) is 4.54. The Bertz CT molecular complexity index is 1280. The van der Waals surface area contributed by atoms with Crippen molar-refractivity contribution in [2.75, 3.05) is 19.1 Å². The van der Waals surface area contributed by atoms with E-state index in [1.807, 2.05) is 5.38 Å². The number of ether oxygens (including phenoxy) is 2. The Hall–Kier alpha value is -3.51. The Balaban J connectivity index is 1.56. The topological polar surface area (TPSA) is 95.3 Å². The van der Waals surface area contributed by atoms with Crippen LogP contribution in [0.15, 0.2) is 53.0 Å². The number of methoxy groups -OCH3 is 2. The zero-order valence-corrected chi connectivity index (χ0v) is 19.6. The highest BCUT2D eigenvalue weighted by Gasteiger charge is 2.21. The van der Waals surface area contributed by atoms with Crippen LogP contribution in [0, 0.1) is 5.82 Å². The van der Waals surface area contributed by atoms with Crippen molar-refractivity contribution < 1.29 is 18.7 Å². The van der Waals surface area contributed by atoms with Crippen LogP contribution in [0.4, 0.5) is 15.2 Å². The number of nitrogens with zero attached hydrogens (tertiary/aromatic N) is 6. The van der Waals surface area contributed by atoms with E-state index in [1.54, 1.807) is 55.3 Å². The molecule has 0 radical (unpaired) electrons. The monoisotopic (exact) mass is 486 g/mol. The second kappa shape index (κ2) is 9.96. The first-order chi connectivity index (χ1) is 16.0. The predicted octanol–water partition coefficient (Wildman–Crippen LogP) is 4.25. The molecule has 0 aliphatic carbocycles. The molecule has 0 bridgehead atoms. The van der Waals surface area contributed by atoms with Crippen LogP contribution in [0.25, 0.3) is 5.69 Å². The standard InChI is InChI=1S/C21H19FN6O3S2/c1-13(29)27(17-7-5-4-6-16(17)22)20-23-14(11-32-20)12-33-21-24-25-26-28(21)18-10-15(30-2)8-9-19(18)31-3/h4-11H,12H2,1-3H3. The van der Waals surface area contributed by atoms with Gasteiger partial charge >= 0.3 is 0 Å². The minimum absolute atomic E-state index is 0.160. The molecule has 2 heterocycles. The van der Waals surface area contributed by atoms with Gasteiger partial charge in [0.2, 0.25) is 11.1 Å². The predicted molar refractivity (Wildman–Crippen MR) is 123 cm³/mol. The van der Waals surface area contributed by atoms with Crippen LogP contribution in [-0.4, -0.2) is 45.3 Å². The molecule has 0 aliphatic rings. The molecule has 2 aromatic carbocycles. The molecule has 2 aromatic heterocycles. The van der Waals surface area contributed by atoms with Crippen molar-refractivity contribution in [1.29, 1.82) is 0 Å². The molecule has 0 fully saturated rings. The summed E-state index contributed by atoms with van der Waals surface area (Å²) in [7, 11) is 3.14. The van der Waals surface area contributed by atoms with Crippen LogP contribution in [-0.2, 0) is 10.5 Å². The molecule has 9 nitrogen and oxygen atoms in total. The largest absolute Gasteiger partial charge is 0.497 e. The fourth-order valence-electron chi connectivity index (χ4n) is 3.03. The quantitative estimate of drug-likeness (QED) is 0.341. The summed E-state index contributed by atoms with van der Waals surface area (Å²) in [4.78, 5) is 18.0. The number of rotatable bonds is 8. The highest BCUT2D eigenvalue weighted by atomic mass is 32.2. The van der Waals surface area contributed by atoms with E-state index in [2.05, 4.69) is 20.5 Å². The second-order valence-electron chi connectivity index (χ2n) is 6.63. The molecule has 12 heteroatoms. The second-order valence-corrected chi connectivity index (χ2v) is 8.41. The van der Waals surface area contributed by atoms with Gasteiger partial charge in [-0.25, -0.2) is 9.37 Å². The van der Waals surface area contributed by atoms with Crippen molar-refractivity contribution in [3.8, 4) is 17.2 Å². The van der Waals surface area contributed by atoms with Gasteiger partial charge in [-0.2, -0.15) is 4.68 Å². The summed E-state index contributed by atoms with van der Waals surface area (Å²) in [6.07, 6.45) is 0. The smallest absolute Gasteiger partial charge is 0.230 e. The Morgan fingerprint density at radius 2 is 2.03 bits per heavy atom. The van der Waals surface area contributed by atoms with Crippen LogP contribution in [0.1, 0.15) is 12.6 Å². The van der Waals surface area contributed by atoms with E-state index >= 15 is 0 Å². The van der Waals surface area contributed by atoms with Crippen LogP contribution < -0.4 is 14.4 Å². The van der Waals surface area contributed by atoms with E-state index in [0.717, 1.165) is 0 Å². The number of carbonyl (C=O) groups excluding carboxylic acids is 1. The average molecular weight is 487 g/mol. The fourth-order valence-corrected chi connectivity index (χ4v) is 4.79. The Morgan fingerprint density at radius 3 is 2.76 bits per heavy atom. The van der Waals surface area contributed by atoms with Crippen LogP contribution in [0.3, 0.4) is 0 Å². The van der Waals surface area contributed by atoms with Gasteiger partial charge in [-0.15, -0.1) is 16.4 Å². The van der Waals surface area contributed by atoms with Crippen molar-refractivity contribution in [1.82, 2.24) is 25.2 Å². The van der Waals surface area contributed by atoms with Gasteiger partial charge in [0.15, 0.2) is 5.13 Å². The number of para-hydroxylation sites is 1. The minimum Gasteiger partial charge on any atom is -0.497 e. The van der Waals surface area contributed by atoms with E-state index < -0.39 is 5.82 Å². The number of aromatic nitrogens is 5. The van der Waals surface area contributed by atoms with E-state index in [0.29, 0.717) is 38.9 Å². The number of hydrogen-bond acceptors (Lipinski definition) is 9. The maximum Gasteiger partial charge on any atom is 0.230 e. The van der Waals surface area contributed by atoms with E-state index in [9.17, 15) is 9.18 Å². The first-order valence-electron chi connectivity index (χ1n) is 9.65. The number of hydrogen-bond donors (Lipinski definition) is 0. The molecule has 1 amide bonds. The van der Waals surface area contributed by atoms with Gasteiger partial charge in [0.05, 0.1) is 25.6 Å². The summed E-state index contributed by atoms with van der Waals surface area (Å²) in [6.45, 7) is 1.37. The van der Waals surface area contributed by atoms with Crippen molar-refractivity contribution in [2.24, 2.45) is 0 Å². The number of carbonyl (C=O) groups is 1. The first kappa shape index (κ1) is 22.7. The fraction of sp³-hybridized carbons (Fsp3) is 0.190. The molecule has 0 N–H and O–H groups in total. The van der Waals surface area contributed by atoms with Gasteiger partial charge in [0.1, 0.15) is 23.0 Å². The van der Waals surface area contributed by atoms with Crippen LogP contribution >= 0.6 is 23.1 Å². The molecule has 0 unspecified atom stereocenters. The summed E-state index contributed by atoms with van der Waals surface area (Å²) in [6, 6.07) is 11.4. The van der Waals surface area contributed by atoms with Crippen LogP contribution in [0.5, 0.6) is 11.5 Å². The summed E-state index contributed by atoms with van der Waals surface area (Å²) in [5.41, 5.74) is 1.49. The number of halogens is 1. The Kier molecular flexibility index (Phi) is 6.84. The van der Waals surface area contributed by atoms with E-state index in [1.165, 1.54) is 41.0 Å². The zero-order valence-electron chi connectivity index (χ0n) is 17.9. The average Bonchev–Trinajstić information content (AvgIpc) is 3.48. The normalized spacial score (nSPS) is 10.8. The SMILES string of the molecule is COc1ccc(OC)c(-n2nnnc2SCc2csc(N(C(C)=O)c3ccccc3F)n2)c1. The maximum absolute atomic E-state index is 14.3. The lowest BCUT2D eigenvalue weighted by Gasteiger charge is -2.18. The molecular formula is C21H19FN6O3S2. The first-order valence-corrected chi connectivity index (χ1v) is 11.5. The number of thiazole rings is 1. The maximum atomic E-state index is 14.3. The molecule has 0 saturated carbocycles. The lowest BCUT2D eigenvalue weighted by atomic mass is 10.3. The lowest BCUT2D eigenvalue weighted by molar-refractivity contribution is -0.115. The van der Waals surface area contributed by atoms with Crippen molar-refractivity contribution >= 4 is 39.8 Å². The van der Waals surface area contributed by atoms with Gasteiger partial charge in [-0.3, -0.25) is 9.69 Å². The Morgan fingerprint density at radius 1 is 1.21 bits per heavy atom. The van der Waals surface area contributed by atoms with E-state index in [-0.39, 0.29) is 11.6 Å². The highest BCUT2D eigenvalue weighted by molar-refractivity contribution is 7.98. The Labute approximate surface area is 197 Å². The molecule has 4 rings (SSSR count). The highest BCUT2D eigenvalue weighted by Crippen LogP contribution is 2.33. The molecule has 0 aliphatic heterocycles. The summed E-state index contributed by atoms with van der Waals surface area (Å²) < 4.78 is 26.6. The zero-order chi connectivity index (χ0) is 23.4. The molecule has 4 aromatic rings. The van der Waals surface area contributed by atoms with Crippen molar-refractivity contribution in [3.63, 3.8) is 0 Å². The molecular weight excluding hydrogens is 467 g/mol. The minimum atomic E-state index is -0.495. The van der Waals surface area contributed by atoms with Gasteiger partial charge in [-0.05, 0) is 34.7 Å². The van der Waals surface area contributed by atoms with Gasteiger partial charge in [-0.1, -0.05) is 23.9 Å². The third kappa shape index (κ3) is 4.81. The summed E-state index contributed by atoms with van der Waals surface area (Å²) >= 11 is 2.62. The number of benzene rings is 2. The lowest BCUT2D eigenvalue weighted by Crippen LogP contribution is -2.23.